The normalized spacial score (nSPS) is 11.6. The molecule has 1 heterocycles. The van der Waals surface area contributed by atoms with Gasteiger partial charge in [-0.2, -0.15) is 0 Å². The summed E-state index contributed by atoms with van der Waals surface area (Å²) in [4.78, 5) is 4.19. The van der Waals surface area contributed by atoms with Crippen LogP contribution in [0.2, 0.25) is 0 Å². The largest absolute Gasteiger partial charge is 0.444 e. The number of halogens is 1. The molecule has 2 aromatic carbocycles. The summed E-state index contributed by atoms with van der Waals surface area (Å²) in [6.07, 6.45) is 1.33. The van der Waals surface area contributed by atoms with E-state index in [0.29, 0.717) is 11.3 Å². The lowest BCUT2D eigenvalue weighted by Crippen LogP contribution is -2.08. The third-order valence-corrected chi connectivity index (χ3v) is 4.99. The summed E-state index contributed by atoms with van der Waals surface area (Å²) in [6, 6.07) is 13.1. The third kappa shape index (κ3) is 4.08. The molecule has 0 unspecified atom stereocenters. The molecule has 0 aliphatic carbocycles. The van der Waals surface area contributed by atoms with Crippen molar-refractivity contribution >= 4 is 9.84 Å². The fourth-order valence-electron chi connectivity index (χ4n) is 2.43. The Morgan fingerprint density at radius 2 is 1.83 bits per heavy atom. The fraction of sp³-hybridized carbons (Fsp3) is 0.167. The Bertz CT molecular complexity index is 946. The van der Waals surface area contributed by atoms with E-state index in [4.69, 9.17) is 4.42 Å². The highest BCUT2D eigenvalue weighted by Gasteiger charge is 2.17. The second-order valence-electron chi connectivity index (χ2n) is 5.67. The summed E-state index contributed by atoms with van der Waals surface area (Å²) < 4.78 is 42.9. The van der Waals surface area contributed by atoms with E-state index in [1.54, 1.807) is 6.07 Å². The Morgan fingerprint density at radius 1 is 1.08 bits per heavy atom. The summed E-state index contributed by atoms with van der Waals surface area (Å²) in [5.41, 5.74) is 2.70. The number of oxazole rings is 1. The predicted molar refractivity (Wildman–Crippen MR) is 89.4 cm³/mol. The lowest BCUT2D eigenvalue weighted by Gasteiger charge is -2.03. The fourth-order valence-corrected chi connectivity index (χ4v) is 3.80. The summed E-state index contributed by atoms with van der Waals surface area (Å²) in [7, 11) is -3.36. The van der Waals surface area contributed by atoms with Gasteiger partial charge in [0.1, 0.15) is 12.1 Å². The van der Waals surface area contributed by atoms with Crippen molar-refractivity contribution in [2.24, 2.45) is 0 Å². The van der Waals surface area contributed by atoms with Gasteiger partial charge >= 0.3 is 0 Å². The molecule has 3 rings (SSSR count). The molecular formula is C18H16FNO3S. The van der Waals surface area contributed by atoms with E-state index in [0.717, 1.165) is 11.1 Å². The van der Waals surface area contributed by atoms with Crippen molar-refractivity contribution in [2.75, 3.05) is 0 Å². The Balaban J connectivity index is 1.75. The molecule has 4 nitrogen and oxygen atoms in total. The standard InChI is InChI=1S/C18H16FNO3S/c1-13-3-2-4-14(9-13)11-24(21,22)12-17-10-23-18(20-17)15-5-7-16(19)8-6-15/h2-10H,11-12H2,1H3. The van der Waals surface area contributed by atoms with Crippen LogP contribution in [0.5, 0.6) is 0 Å². The van der Waals surface area contributed by atoms with Gasteiger partial charge in [-0.1, -0.05) is 29.8 Å². The molecule has 0 amide bonds. The summed E-state index contributed by atoms with van der Waals surface area (Å²) in [6.45, 7) is 1.92. The number of hydrogen-bond donors (Lipinski definition) is 0. The Kier molecular flexibility index (Phi) is 4.49. The van der Waals surface area contributed by atoms with Crippen LogP contribution < -0.4 is 0 Å². The number of hydrogen-bond acceptors (Lipinski definition) is 4. The minimum absolute atomic E-state index is 0.0482. The van der Waals surface area contributed by atoms with Gasteiger partial charge in [0, 0.05) is 5.56 Å². The van der Waals surface area contributed by atoms with Crippen molar-refractivity contribution in [1.82, 2.24) is 4.98 Å². The van der Waals surface area contributed by atoms with Crippen LogP contribution in [-0.2, 0) is 21.3 Å². The highest BCUT2D eigenvalue weighted by molar-refractivity contribution is 7.89. The third-order valence-electron chi connectivity index (χ3n) is 3.48. The SMILES string of the molecule is Cc1cccc(CS(=O)(=O)Cc2coc(-c3ccc(F)cc3)n2)c1. The van der Waals surface area contributed by atoms with Gasteiger partial charge < -0.3 is 4.42 Å². The van der Waals surface area contributed by atoms with E-state index in [2.05, 4.69) is 4.98 Å². The summed E-state index contributed by atoms with van der Waals surface area (Å²) >= 11 is 0. The van der Waals surface area contributed by atoms with Gasteiger partial charge in [0.2, 0.25) is 5.89 Å². The maximum absolute atomic E-state index is 12.9. The molecule has 0 aliphatic heterocycles. The van der Waals surface area contributed by atoms with Crippen molar-refractivity contribution < 1.29 is 17.2 Å². The van der Waals surface area contributed by atoms with E-state index in [-0.39, 0.29) is 23.2 Å². The zero-order valence-electron chi connectivity index (χ0n) is 13.1. The zero-order valence-corrected chi connectivity index (χ0v) is 13.9. The van der Waals surface area contributed by atoms with E-state index in [9.17, 15) is 12.8 Å². The van der Waals surface area contributed by atoms with E-state index in [1.807, 2.05) is 25.1 Å². The van der Waals surface area contributed by atoms with Crippen LogP contribution in [0, 0.1) is 12.7 Å². The number of nitrogens with zero attached hydrogens (tertiary/aromatic N) is 1. The number of aromatic nitrogens is 1. The second kappa shape index (κ2) is 6.57. The van der Waals surface area contributed by atoms with Gasteiger partial charge in [0.25, 0.3) is 0 Å². The number of rotatable bonds is 5. The first-order chi connectivity index (χ1) is 11.4. The highest BCUT2D eigenvalue weighted by atomic mass is 32.2. The van der Waals surface area contributed by atoms with Crippen molar-refractivity contribution in [3.8, 4) is 11.5 Å². The van der Waals surface area contributed by atoms with E-state index < -0.39 is 9.84 Å². The number of sulfone groups is 1. The Hall–Kier alpha value is -2.47. The van der Waals surface area contributed by atoms with Crippen molar-refractivity contribution in [3.63, 3.8) is 0 Å². The minimum Gasteiger partial charge on any atom is -0.444 e. The first-order valence-electron chi connectivity index (χ1n) is 7.38. The molecule has 3 aromatic rings. The molecule has 0 bridgehead atoms. The van der Waals surface area contributed by atoms with E-state index in [1.165, 1.54) is 30.5 Å². The van der Waals surface area contributed by atoms with Gasteiger partial charge in [-0.05, 0) is 36.8 Å². The van der Waals surface area contributed by atoms with Crippen molar-refractivity contribution in [1.29, 1.82) is 0 Å². The van der Waals surface area contributed by atoms with Crippen LogP contribution in [0.1, 0.15) is 16.8 Å². The van der Waals surface area contributed by atoms with Crippen LogP contribution in [-0.4, -0.2) is 13.4 Å². The quantitative estimate of drug-likeness (QED) is 0.703. The molecule has 0 radical (unpaired) electrons. The number of benzene rings is 2. The lowest BCUT2D eigenvalue weighted by molar-refractivity contribution is 0.571. The molecule has 124 valence electrons. The lowest BCUT2D eigenvalue weighted by atomic mass is 10.2. The summed E-state index contributed by atoms with van der Waals surface area (Å²) in [5, 5.41) is 0. The van der Waals surface area contributed by atoms with Crippen LogP contribution in [0.25, 0.3) is 11.5 Å². The molecule has 24 heavy (non-hydrogen) atoms. The molecule has 6 heteroatoms. The molecule has 0 N–H and O–H groups in total. The second-order valence-corrected chi connectivity index (χ2v) is 7.74. The van der Waals surface area contributed by atoms with Gasteiger partial charge in [0.15, 0.2) is 9.84 Å². The monoisotopic (exact) mass is 345 g/mol. The minimum atomic E-state index is -3.36. The van der Waals surface area contributed by atoms with Crippen molar-refractivity contribution in [2.45, 2.75) is 18.4 Å². The van der Waals surface area contributed by atoms with Gasteiger partial charge in [0.05, 0.1) is 17.2 Å². The molecule has 0 saturated heterocycles. The topological polar surface area (TPSA) is 60.2 Å². The highest BCUT2D eigenvalue weighted by Crippen LogP contribution is 2.20. The van der Waals surface area contributed by atoms with Gasteiger partial charge in [-0.15, -0.1) is 0 Å². The van der Waals surface area contributed by atoms with Crippen LogP contribution in [0.15, 0.2) is 59.2 Å². The number of aryl methyl sites for hydroxylation is 1. The Labute approximate surface area is 139 Å². The molecule has 0 fully saturated rings. The molecule has 0 spiro atoms. The van der Waals surface area contributed by atoms with Crippen molar-refractivity contribution in [3.05, 3.63) is 77.4 Å². The van der Waals surface area contributed by atoms with Crippen LogP contribution >= 0.6 is 0 Å². The maximum Gasteiger partial charge on any atom is 0.226 e. The molecule has 0 atom stereocenters. The smallest absolute Gasteiger partial charge is 0.226 e. The Morgan fingerprint density at radius 3 is 2.54 bits per heavy atom. The van der Waals surface area contributed by atoms with Crippen LogP contribution in [0.4, 0.5) is 4.39 Å². The molecule has 0 saturated carbocycles. The molecular weight excluding hydrogens is 329 g/mol. The summed E-state index contributed by atoms with van der Waals surface area (Å²) in [5.74, 6) is -0.332. The molecule has 0 aliphatic rings. The maximum atomic E-state index is 12.9. The zero-order chi connectivity index (χ0) is 17.2. The molecule has 1 aromatic heterocycles. The van der Waals surface area contributed by atoms with Gasteiger partial charge in [-0.25, -0.2) is 17.8 Å². The van der Waals surface area contributed by atoms with E-state index >= 15 is 0 Å². The average Bonchev–Trinajstić information content (AvgIpc) is 2.95. The van der Waals surface area contributed by atoms with Crippen LogP contribution in [0.3, 0.4) is 0 Å². The predicted octanol–water partition coefficient (Wildman–Crippen LogP) is 3.90. The first kappa shape index (κ1) is 16.4. The van der Waals surface area contributed by atoms with Gasteiger partial charge in [-0.3, -0.25) is 0 Å². The average molecular weight is 345 g/mol. The first-order valence-corrected chi connectivity index (χ1v) is 9.20.